The van der Waals surface area contributed by atoms with Crippen LogP contribution in [0.5, 0.6) is 5.75 Å². The monoisotopic (exact) mass is 465 g/mol. The maximum absolute atomic E-state index is 12.3. The smallest absolute Gasteiger partial charge is 0.269 e. The minimum atomic E-state index is -0.447. The van der Waals surface area contributed by atoms with Gasteiger partial charge in [0.25, 0.3) is 11.8 Å². The van der Waals surface area contributed by atoms with E-state index in [1.807, 2.05) is 13.0 Å². The van der Waals surface area contributed by atoms with Gasteiger partial charge >= 0.3 is 0 Å². The van der Waals surface area contributed by atoms with Gasteiger partial charge in [0.05, 0.1) is 0 Å². The number of amides is 3. The van der Waals surface area contributed by atoms with Crippen molar-refractivity contribution in [3.63, 3.8) is 0 Å². The van der Waals surface area contributed by atoms with E-state index in [0.29, 0.717) is 35.1 Å². The molecule has 0 saturated heterocycles. The van der Waals surface area contributed by atoms with Gasteiger partial charge in [-0.05, 0) is 66.1 Å². The largest absolute Gasteiger partial charge is 0.489 e. The number of rotatable bonds is 7. The van der Waals surface area contributed by atoms with Crippen LogP contribution >= 0.6 is 11.6 Å². The number of halogens is 1. The molecule has 0 unspecified atom stereocenters. The summed E-state index contributed by atoms with van der Waals surface area (Å²) in [6.45, 7) is 4.07. The van der Waals surface area contributed by atoms with Gasteiger partial charge in [-0.25, -0.2) is 0 Å². The number of nitrogens with one attached hydrogen (secondary N) is 3. The maximum Gasteiger partial charge on any atom is 0.269 e. The van der Waals surface area contributed by atoms with Crippen molar-refractivity contribution in [3.8, 4) is 5.75 Å². The third-order valence-corrected chi connectivity index (χ3v) is 5.22. The van der Waals surface area contributed by atoms with Crippen LogP contribution in [0.25, 0.3) is 0 Å². The van der Waals surface area contributed by atoms with Crippen molar-refractivity contribution in [1.82, 2.24) is 16.2 Å². The van der Waals surface area contributed by atoms with Crippen LogP contribution < -0.4 is 20.9 Å². The molecule has 0 fully saturated rings. The van der Waals surface area contributed by atoms with Crippen molar-refractivity contribution in [3.05, 3.63) is 99.6 Å². The standard InChI is InChI=1S/C25H24ClN3O4/c1-16-13-22(11-12-23(16)26)33-15-19-5-9-21(10-6-19)25(32)29-28-24(31)20-7-3-18(4-8-20)14-27-17(2)30/h3-13H,14-15H2,1-2H3,(H,27,30)(H,28,31)(H,29,32). The lowest BCUT2D eigenvalue weighted by molar-refractivity contribution is -0.119. The van der Waals surface area contributed by atoms with Crippen LogP contribution in [0.1, 0.15) is 44.3 Å². The Kier molecular flexibility index (Phi) is 8.05. The van der Waals surface area contributed by atoms with Crippen molar-refractivity contribution < 1.29 is 19.1 Å². The van der Waals surface area contributed by atoms with E-state index in [1.165, 1.54) is 6.92 Å². The van der Waals surface area contributed by atoms with Gasteiger partial charge in [0, 0.05) is 29.6 Å². The van der Waals surface area contributed by atoms with Crippen LogP contribution in [-0.4, -0.2) is 17.7 Å². The van der Waals surface area contributed by atoms with Crippen LogP contribution in [0, 0.1) is 6.92 Å². The van der Waals surface area contributed by atoms with Gasteiger partial charge in [0.1, 0.15) is 12.4 Å². The van der Waals surface area contributed by atoms with Gasteiger partial charge in [-0.15, -0.1) is 0 Å². The predicted molar refractivity (Wildman–Crippen MR) is 126 cm³/mol. The molecule has 33 heavy (non-hydrogen) atoms. The maximum atomic E-state index is 12.3. The Bertz CT molecular complexity index is 1150. The van der Waals surface area contributed by atoms with Crippen LogP contribution in [0.2, 0.25) is 5.02 Å². The van der Waals surface area contributed by atoms with Gasteiger partial charge in [-0.1, -0.05) is 35.9 Å². The first kappa shape index (κ1) is 23.8. The molecule has 0 spiro atoms. The summed E-state index contributed by atoms with van der Waals surface area (Å²) in [6.07, 6.45) is 0. The van der Waals surface area contributed by atoms with Crippen molar-refractivity contribution in [1.29, 1.82) is 0 Å². The van der Waals surface area contributed by atoms with Crippen molar-refractivity contribution in [2.75, 3.05) is 0 Å². The summed E-state index contributed by atoms with van der Waals surface area (Å²) in [4.78, 5) is 35.6. The quantitative estimate of drug-likeness (QED) is 0.460. The summed E-state index contributed by atoms with van der Waals surface area (Å²) < 4.78 is 5.75. The second-order valence-corrected chi connectivity index (χ2v) is 7.82. The number of carbonyl (C=O) groups is 3. The molecule has 3 N–H and O–H groups in total. The highest BCUT2D eigenvalue weighted by molar-refractivity contribution is 6.31. The Morgan fingerprint density at radius 1 is 0.818 bits per heavy atom. The molecule has 0 aliphatic rings. The summed E-state index contributed by atoms with van der Waals surface area (Å²) in [6, 6.07) is 19.0. The molecule has 0 aromatic heterocycles. The minimum Gasteiger partial charge on any atom is -0.489 e. The molecule has 3 amide bonds. The van der Waals surface area contributed by atoms with Gasteiger partial charge in [0.15, 0.2) is 0 Å². The van der Waals surface area contributed by atoms with Gasteiger partial charge < -0.3 is 10.1 Å². The Morgan fingerprint density at radius 2 is 1.36 bits per heavy atom. The average molecular weight is 466 g/mol. The van der Waals surface area contributed by atoms with Crippen molar-refractivity contribution in [2.24, 2.45) is 0 Å². The van der Waals surface area contributed by atoms with Crippen molar-refractivity contribution >= 4 is 29.3 Å². The third kappa shape index (κ3) is 7.08. The number of ether oxygens (including phenoxy) is 1. The summed E-state index contributed by atoms with van der Waals surface area (Å²) in [7, 11) is 0. The van der Waals surface area contributed by atoms with E-state index in [1.54, 1.807) is 60.7 Å². The molecular formula is C25H24ClN3O4. The Balaban J connectivity index is 1.48. The second-order valence-electron chi connectivity index (χ2n) is 7.41. The van der Waals surface area contributed by atoms with E-state index < -0.39 is 11.8 Å². The first-order valence-electron chi connectivity index (χ1n) is 10.2. The zero-order chi connectivity index (χ0) is 23.8. The topological polar surface area (TPSA) is 96.5 Å². The van der Waals surface area contributed by atoms with Gasteiger partial charge in [0.2, 0.25) is 5.91 Å². The fourth-order valence-electron chi connectivity index (χ4n) is 2.88. The zero-order valence-electron chi connectivity index (χ0n) is 18.3. The molecule has 0 saturated carbocycles. The first-order valence-corrected chi connectivity index (χ1v) is 10.6. The summed E-state index contributed by atoms with van der Waals surface area (Å²) in [5.41, 5.74) is 8.26. The first-order chi connectivity index (χ1) is 15.8. The number of hydrogen-bond acceptors (Lipinski definition) is 4. The fourth-order valence-corrected chi connectivity index (χ4v) is 3.00. The van der Waals surface area contributed by atoms with E-state index in [9.17, 15) is 14.4 Å². The van der Waals surface area contributed by atoms with E-state index in [2.05, 4.69) is 16.2 Å². The molecule has 170 valence electrons. The lowest BCUT2D eigenvalue weighted by Crippen LogP contribution is -2.41. The summed E-state index contributed by atoms with van der Waals surface area (Å²) in [5, 5.41) is 3.37. The number of benzene rings is 3. The molecule has 0 heterocycles. The number of hydrogen-bond donors (Lipinski definition) is 3. The Hall–Kier alpha value is -3.84. The third-order valence-electron chi connectivity index (χ3n) is 4.80. The molecule has 0 radical (unpaired) electrons. The highest BCUT2D eigenvalue weighted by atomic mass is 35.5. The average Bonchev–Trinajstić information content (AvgIpc) is 2.82. The predicted octanol–water partition coefficient (Wildman–Crippen LogP) is 3.94. The van der Waals surface area contributed by atoms with Gasteiger partial charge in [-0.2, -0.15) is 0 Å². The number of carbonyl (C=O) groups excluding carboxylic acids is 3. The van der Waals surface area contributed by atoms with E-state index in [0.717, 1.165) is 16.7 Å². The summed E-state index contributed by atoms with van der Waals surface area (Å²) >= 11 is 6.02. The fraction of sp³-hybridized carbons (Fsp3) is 0.160. The van der Waals surface area contributed by atoms with E-state index >= 15 is 0 Å². The Morgan fingerprint density at radius 3 is 1.88 bits per heavy atom. The molecule has 3 aromatic rings. The lowest BCUT2D eigenvalue weighted by atomic mass is 10.1. The summed E-state index contributed by atoms with van der Waals surface area (Å²) in [5.74, 6) is -0.301. The molecule has 0 bridgehead atoms. The van der Waals surface area contributed by atoms with Crippen LogP contribution in [-0.2, 0) is 17.9 Å². The molecule has 0 aliphatic carbocycles. The zero-order valence-corrected chi connectivity index (χ0v) is 19.0. The van der Waals surface area contributed by atoms with Crippen LogP contribution in [0.15, 0.2) is 66.7 Å². The molecule has 8 heteroatoms. The van der Waals surface area contributed by atoms with E-state index in [-0.39, 0.29) is 5.91 Å². The molecule has 0 atom stereocenters. The highest BCUT2D eigenvalue weighted by Gasteiger charge is 2.10. The number of hydrazine groups is 1. The Labute approximate surface area is 197 Å². The van der Waals surface area contributed by atoms with Crippen LogP contribution in [0.4, 0.5) is 0 Å². The molecule has 3 aromatic carbocycles. The molecule has 0 aliphatic heterocycles. The van der Waals surface area contributed by atoms with Crippen molar-refractivity contribution in [2.45, 2.75) is 27.0 Å². The van der Waals surface area contributed by atoms with E-state index in [4.69, 9.17) is 16.3 Å². The minimum absolute atomic E-state index is 0.128. The molecule has 3 rings (SSSR count). The molecular weight excluding hydrogens is 442 g/mol. The lowest BCUT2D eigenvalue weighted by Gasteiger charge is -2.10. The van der Waals surface area contributed by atoms with Crippen LogP contribution in [0.3, 0.4) is 0 Å². The highest BCUT2D eigenvalue weighted by Crippen LogP contribution is 2.22. The van der Waals surface area contributed by atoms with Gasteiger partial charge in [-0.3, -0.25) is 25.2 Å². The normalized spacial score (nSPS) is 10.3. The SMILES string of the molecule is CC(=O)NCc1ccc(C(=O)NNC(=O)c2ccc(COc3ccc(Cl)c(C)c3)cc2)cc1. The second kappa shape index (κ2) is 11.2. The number of aryl methyl sites for hydroxylation is 1. The molecule has 7 nitrogen and oxygen atoms in total.